The Morgan fingerprint density at radius 1 is 1.50 bits per heavy atom. The Morgan fingerprint density at radius 2 is 2.19 bits per heavy atom. The van der Waals surface area contributed by atoms with E-state index in [-0.39, 0.29) is 17.2 Å². The molecular formula is C12H17ClFNO. The van der Waals surface area contributed by atoms with Gasteiger partial charge in [0.1, 0.15) is 5.82 Å². The number of halogens is 2. The maximum absolute atomic E-state index is 13.6. The maximum Gasteiger partial charge on any atom is 0.146 e. The van der Waals surface area contributed by atoms with Crippen molar-refractivity contribution in [3.8, 4) is 0 Å². The highest BCUT2D eigenvalue weighted by Gasteiger charge is 2.20. The molecule has 90 valence electrons. The smallest absolute Gasteiger partial charge is 0.146 e. The number of hydrogen-bond acceptors (Lipinski definition) is 2. The Morgan fingerprint density at radius 3 is 2.75 bits per heavy atom. The van der Waals surface area contributed by atoms with Crippen LogP contribution in [0.4, 0.5) is 4.39 Å². The van der Waals surface area contributed by atoms with Crippen molar-refractivity contribution in [2.24, 2.45) is 0 Å². The predicted molar refractivity (Wildman–Crippen MR) is 64.0 cm³/mol. The monoisotopic (exact) mass is 245 g/mol. The zero-order valence-electron chi connectivity index (χ0n) is 9.56. The molecule has 0 amide bonds. The first kappa shape index (κ1) is 13.4. The van der Waals surface area contributed by atoms with E-state index in [0.29, 0.717) is 12.1 Å². The Bertz CT molecular complexity index is 353. The lowest BCUT2D eigenvalue weighted by Gasteiger charge is -2.27. The molecule has 0 saturated carbocycles. The van der Waals surface area contributed by atoms with Crippen molar-refractivity contribution < 1.29 is 9.50 Å². The fourth-order valence-corrected chi connectivity index (χ4v) is 1.48. The second-order valence-corrected chi connectivity index (χ2v) is 4.55. The largest absolute Gasteiger partial charge is 0.394 e. The minimum Gasteiger partial charge on any atom is -0.394 e. The number of nitrogens with one attached hydrogen (secondary N) is 1. The molecule has 0 aliphatic heterocycles. The highest BCUT2D eigenvalue weighted by molar-refractivity contribution is 6.30. The van der Waals surface area contributed by atoms with E-state index in [1.165, 1.54) is 6.07 Å². The Hall–Kier alpha value is -0.640. The summed E-state index contributed by atoms with van der Waals surface area (Å²) in [6.45, 7) is 4.25. The highest BCUT2D eigenvalue weighted by Crippen LogP contribution is 2.18. The summed E-state index contributed by atoms with van der Waals surface area (Å²) in [4.78, 5) is 0. The summed E-state index contributed by atoms with van der Waals surface area (Å²) in [6.07, 6.45) is 0.770. The molecule has 2 N–H and O–H groups in total. The van der Waals surface area contributed by atoms with E-state index < -0.39 is 5.82 Å². The number of aliphatic hydroxyl groups is 1. The van der Waals surface area contributed by atoms with E-state index in [0.717, 1.165) is 6.42 Å². The number of rotatable bonds is 5. The van der Waals surface area contributed by atoms with Crippen molar-refractivity contribution in [3.63, 3.8) is 0 Å². The van der Waals surface area contributed by atoms with Crippen molar-refractivity contribution in [3.05, 3.63) is 34.6 Å². The van der Waals surface area contributed by atoms with Crippen LogP contribution < -0.4 is 5.32 Å². The standard InChI is InChI=1S/C12H17ClFNO/c1-3-12(2,8-16)15-7-9-5-4-6-10(13)11(9)14/h4-6,15-16H,3,7-8H2,1-2H3. The highest BCUT2D eigenvalue weighted by atomic mass is 35.5. The van der Waals surface area contributed by atoms with Crippen LogP contribution in [0.3, 0.4) is 0 Å². The van der Waals surface area contributed by atoms with Crippen LogP contribution in [0.25, 0.3) is 0 Å². The average Bonchev–Trinajstić information content (AvgIpc) is 2.31. The van der Waals surface area contributed by atoms with Crippen LogP contribution in [0.2, 0.25) is 5.02 Å². The molecule has 1 atom stereocenters. The van der Waals surface area contributed by atoms with Gasteiger partial charge >= 0.3 is 0 Å². The van der Waals surface area contributed by atoms with Gasteiger partial charge in [-0.15, -0.1) is 0 Å². The van der Waals surface area contributed by atoms with Crippen LogP contribution in [0.1, 0.15) is 25.8 Å². The van der Waals surface area contributed by atoms with Crippen molar-refractivity contribution in [1.29, 1.82) is 0 Å². The van der Waals surface area contributed by atoms with Gasteiger partial charge in [0.05, 0.1) is 11.6 Å². The van der Waals surface area contributed by atoms with E-state index in [9.17, 15) is 9.50 Å². The van der Waals surface area contributed by atoms with Gasteiger partial charge in [-0.3, -0.25) is 0 Å². The fourth-order valence-electron chi connectivity index (χ4n) is 1.29. The molecule has 0 saturated heterocycles. The Balaban J connectivity index is 2.71. The van der Waals surface area contributed by atoms with Gasteiger partial charge in [-0.05, 0) is 19.4 Å². The van der Waals surface area contributed by atoms with E-state index in [4.69, 9.17) is 11.6 Å². The lowest BCUT2D eigenvalue weighted by atomic mass is 10.00. The molecule has 0 aliphatic rings. The quantitative estimate of drug-likeness (QED) is 0.836. The minimum absolute atomic E-state index is 0.0195. The first-order valence-electron chi connectivity index (χ1n) is 5.31. The van der Waals surface area contributed by atoms with E-state index in [2.05, 4.69) is 5.32 Å². The summed E-state index contributed by atoms with van der Waals surface area (Å²) in [5.74, 6) is -0.395. The zero-order valence-corrected chi connectivity index (χ0v) is 10.3. The minimum atomic E-state index is -0.395. The molecule has 0 bridgehead atoms. The zero-order chi connectivity index (χ0) is 12.2. The summed E-state index contributed by atoms with van der Waals surface area (Å²) in [6, 6.07) is 4.91. The summed E-state index contributed by atoms with van der Waals surface area (Å²) >= 11 is 5.68. The molecule has 0 aliphatic carbocycles. The summed E-state index contributed by atoms with van der Waals surface area (Å²) in [5.41, 5.74) is 0.134. The van der Waals surface area contributed by atoms with Crippen LogP contribution in [0.5, 0.6) is 0 Å². The van der Waals surface area contributed by atoms with Crippen molar-refractivity contribution >= 4 is 11.6 Å². The molecule has 0 radical (unpaired) electrons. The van der Waals surface area contributed by atoms with Crippen molar-refractivity contribution in [1.82, 2.24) is 5.32 Å². The molecule has 1 aromatic rings. The maximum atomic E-state index is 13.6. The van der Waals surface area contributed by atoms with E-state index in [1.54, 1.807) is 12.1 Å². The number of hydrogen-bond donors (Lipinski definition) is 2. The molecule has 0 heterocycles. The average molecular weight is 246 g/mol. The van der Waals surface area contributed by atoms with Crippen LogP contribution in [0, 0.1) is 5.82 Å². The molecule has 0 spiro atoms. The molecule has 16 heavy (non-hydrogen) atoms. The van der Waals surface area contributed by atoms with Gasteiger partial charge in [0, 0.05) is 17.6 Å². The topological polar surface area (TPSA) is 32.3 Å². The van der Waals surface area contributed by atoms with E-state index >= 15 is 0 Å². The molecule has 0 aromatic heterocycles. The van der Waals surface area contributed by atoms with Crippen LogP contribution >= 0.6 is 11.6 Å². The lowest BCUT2D eigenvalue weighted by Crippen LogP contribution is -2.44. The first-order valence-corrected chi connectivity index (χ1v) is 5.69. The van der Waals surface area contributed by atoms with Crippen LogP contribution in [-0.4, -0.2) is 17.3 Å². The number of benzene rings is 1. The number of aliphatic hydroxyl groups excluding tert-OH is 1. The van der Waals surface area contributed by atoms with Gasteiger partial charge < -0.3 is 10.4 Å². The SMILES string of the molecule is CCC(C)(CO)NCc1cccc(Cl)c1F. The fraction of sp³-hybridized carbons (Fsp3) is 0.500. The molecular weight excluding hydrogens is 229 g/mol. The summed E-state index contributed by atoms with van der Waals surface area (Å²) in [5, 5.41) is 12.5. The Kier molecular flexibility index (Phi) is 4.71. The molecule has 2 nitrogen and oxygen atoms in total. The summed E-state index contributed by atoms with van der Waals surface area (Å²) < 4.78 is 13.6. The van der Waals surface area contributed by atoms with Crippen molar-refractivity contribution in [2.45, 2.75) is 32.4 Å². The van der Waals surface area contributed by atoms with E-state index in [1.807, 2.05) is 13.8 Å². The predicted octanol–water partition coefficient (Wildman–Crippen LogP) is 2.73. The first-order chi connectivity index (χ1) is 7.52. The third-order valence-corrected chi connectivity index (χ3v) is 3.16. The normalized spacial score (nSPS) is 14.8. The van der Waals surface area contributed by atoms with Crippen molar-refractivity contribution in [2.75, 3.05) is 6.61 Å². The third kappa shape index (κ3) is 3.17. The molecule has 0 fully saturated rings. The second-order valence-electron chi connectivity index (χ2n) is 4.14. The van der Waals surface area contributed by atoms with Gasteiger partial charge in [-0.2, -0.15) is 0 Å². The van der Waals surface area contributed by atoms with Crippen LogP contribution in [0.15, 0.2) is 18.2 Å². The van der Waals surface area contributed by atoms with Crippen LogP contribution in [-0.2, 0) is 6.54 Å². The van der Waals surface area contributed by atoms with Gasteiger partial charge in [0.2, 0.25) is 0 Å². The molecule has 1 unspecified atom stereocenters. The lowest BCUT2D eigenvalue weighted by molar-refractivity contribution is 0.168. The Labute approximate surface area is 100 Å². The third-order valence-electron chi connectivity index (χ3n) is 2.87. The molecule has 4 heteroatoms. The van der Waals surface area contributed by atoms with Gasteiger partial charge in [0.15, 0.2) is 0 Å². The van der Waals surface area contributed by atoms with Gasteiger partial charge in [0.25, 0.3) is 0 Å². The molecule has 1 aromatic carbocycles. The summed E-state index contributed by atoms with van der Waals surface area (Å²) in [7, 11) is 0. The second kappa shape index (κ2) is 5.62. The van der Waals surface area contributed by atoms with Gasteiger partial charge in [-0.25, -0.2) is 4.39 Å². The van der Waals surface area contributed by atoms with Gasteiger partial charge in [-0.1, -0.05) is 30.7 Å². The molecule has 1 rings (SSSR count).